The summed E-state index contributed by atoms with van der Waals surface area (Å²) in [6.07, 6.45) is 6.76. The van der Waals surface area contributed by atoms with Gasteiger partial charge in [0.05, 0.1) is 42.6 Å². The first-order valence-corrected chi connectivity index (χ1v) is 11.4. The van der Waals surface area contributed by atoms with Crippen LogP contribution in [-0.4, -0.2) is 46.1 Å². The van der Waals surface area contributed by atoms with Gasteiger partial charge in [0.25, 0.3) is 0 Å². The number of thiophene rings is 1. The molecule has 1 fully saturated rings. The molecule has 4 aromatic rings. The lowest BCUT2D eigenvalue weighted by Gasteiger charge is -2.33. The van der Waals surface area contributed by atoms with E-state index < -0.39 is 0 Å². The third-order valence-electron chi connectivity index (χ3n) is 6.36. The third kappa shape index (κ3) is 3.09. The molecule has 2 aliphatic rings. The van der Waals surface area contributed by atoms with Crippen molar-refractivity contribution in [3.8, 4) is 0 Å². The number of benzene rings is 1. The monoisotopic (exact) mass is 405 g/mol. The van der Waals surface area contributed by atoms with E-state index in [1.165, 1.54) is 41.5 Å². The maximum Gasteiger partial charge on any atom is 0.162 e. The molecule has 0 bridgehead atoms. The third-order valence-corrected chi connectivity index (χ3v) is 7.56. The largest absolute Gasteiger partial charge is 0.345 e. The predicted octanol–water partition coefficient (Wildman–Crippen LogP) is 2.35. The van der Waals surface area contributed by atoms with E-state index in [1.807, 2.05) is 17.4 Å². The maximum atomic E-state index is 4.76. The molecule has 6 rings (SSSR count). The van der Waals surface area contributed by atoms with Crippen LogP contribution in [0.1, 0.15) is 29.1 Å². The second-order valence-electron chi connectivity index (χ2n) is 8.20. The van der Waals surface area contributed by atoms with E-state index in [1.54, 1.807) is 16.1 Å². The number of hydrogen-bond donors (Lipinski definition) is 2. The number of imidazole rings is 1. The molecule has 0 amide bonds. The van der Waals surface area contributed by atoms with Crippen molar-refractivity contribution < 1.29 is 4.90 Å². The Morgan fingerprint density at radius 2 is 1.93 bits per heavy atom. The van der Waals surface area contributed by atoms with Crippen molar-refractivity contribution in [2.75, 3.05) is 31.1 Å². The topological polar surface area (TPSA) is 62.1 Å². The smallest absolute Gasteiger partial charge is 0.162 e. The Labute approximate surface area is 173 Å². The summed E-state index contributed by atoms with van der Waals surface area (Å²) in [5, 5.41) is 1.34. The number of H-pyrrole nitrogens is 1. The summed E-state index contributed by atoms with van der Waals surface area (Å²) in [6.45, 7) is 5.23. The fraction of sp³-hybridized carbons (Fsp3) is 0.409. The van der Waals surface area contributed by atoms with Crippen molar-refractivity contribution in [2.45, 2.75) is 32.2 Å². The molecule has 3 aromatic heterocycles. The molecular formula is C22H25N6S+. The van der Waals surface area contributed by atoms with Gasteiger partial charge < -0.3 is 14.8 Å². The van der Waals surface area contributed by atoms with Gasteiger partial charge in [-0.15, -0.1) is 11.3 Å². The Bertz CT molecular complexity index is 1140. The summed E-state index contributed by atoms with van der Waals surface area (Å²) >= 11 is 1.89. The summed E-state index contributed by atoms with van der Waals surface area (Å²) in [6, 6.07) is 8.28. The number of hydrogen-bond acceptors (Lipinski definition) is 5. The SMILES string of the molecule is c1ccc2[nH]c(C[NH+]3CCN(c4ncnc5sc6c(c45)CCCC6)CC3)nc2c1. The highest BCUT2D eigenvalue weighted by Crippen LogP contribution is 2.39. The predicted molar refractivity (Wildman–Crippen MR) is 117 cm³/mol. The number of fused-ring (bicyclic) bond motifs is 4. The van der Waals surface area contributed by atoms with Crippen LogP contribution >= 0.6 is 11.3 Å². The molecule has 7 heteroatoms. The molecule has 1 saturated heterocycles. The minimum atomic E-state index is 0.954. The highest BCUT2D eigenvalue weighted by atomic mass is 32.1. The van der Waals surface area contributed by atoms with Crippen molar-refractivity contribution in [2.24, 2.45) is 0 Å². The molecule has 1 aromatic carbocycles. The van der Waals surface area contributed by atoms with Gasteiger partial charge in [0, 0.05) is 4.88 Å². The number of para-hydroxylation sites is 2. The number of aryl methyl sites for hydroxylation is 2. The lowest BCUT2D eigenvalue weighted by atomic mass is 9.97. The van der Waals surface area contributed by atoms with E-state index in [9.17, 15) is 0 Å². The van der Waals surface area contributed by atoms with E-state index >= 15 is 0 Å². The lowest BCUT2D eigenvalue weighted by molar-refractivity contribution is -0.914. The Morgan fingerprint density at radius 3 is 2.83 bits per heavy atom. The summed E-state index contributed by atoms with van der Waals surface area (Å²) in [5.74, 6) is 2.25. The van der Waals surface area contributed by atoms with Crippen molar-refractivity contribution in [3.63, 3.8) is 0 Å². The van der Waals surface area contributed by atoms with Gasteiger partial charge in [0.2, 0.25) is 0 Å². The van der Waals surface area contributed by atoms with Gasteiger partial charge in [-0.1, -0.05) is 12.1 Å². The number of anilines is 1. The Balaban J connectivity index is 1.20. The van der Waals surface area contributed by atoms with E-state index in [4.69, 9.17) is 9.97 Å². The van der Waals surface area contributed by atoms with Crippen LogP contribution in [-0.2, 0) is 19.4 Å². The van der Waals surface area contributed by atoms with Crippen molar-refractivity contribution in [3.05, 3.63) is 46.9 Å². The first kappa shape index (κ1) is 17.4. The Hall–Kier alpha value is -2.51. The molecule has 29 heavy (non-hydrogen) atoms. The number of quaternary nitrogens is 1. The number of nitrogens with one attached hydrogen (secondary N) is 2. The molecule has 1 aliphatic carbocycles. The first-order valence-electron chi connectivity index (χ1n) is 10.6. The van der Waals surface area contributed by atoms with Gasteiger partial charge in [-0.2, -0.15) is 0 Å². The minimum absolute atomic E-state index is 0.954. The average molecular weight is 406 g/mol. The van der Waals surface area contributed by atoms with Crippen molar-refractivity contribution in [1.82, 2.24) is 19.9 Å². The van der Waals surface area contributed by atoms with E-state index in [2.05, 4.69) is 33.1 Å². The molecule has 0 unspecified atom stereocenters. The van der Waals surface area contributed by atoms with Crippen LogP contribution in [0.15, 0.2) is 30.6 Å². The standard InChI is InChI=1S/C22H24N6S/c1-4-8-18-15(5-1)20-21(23-14-24-22(20)29-18)28-11-9-27(10-12-28)13-19-25-16-6-2-3-7-17(16)26-19/h2-3,6-7,14H,1,4-5,8-13H2,(H,25,26)/p+1. The number of piperazine rings is 1. The Morgan fingerprint density at radius 1 is 1.07 bits per heavy atom. The zero-order valence-corrected chi connectivity index (χ0v) is 17.3. The summed E-state index contributed by atoms with van der Waals surface area (Å²) in [7, 11) is 0. The van der Waals surface area contributed by atoms with Gasteiger partial charge >= 0.3 is 0 Å². The normalized spacial score (nSPS) is 17.9. The summed E-state index contributed by atoms with van der Waals surface area (Å²) in [5.41, 5.74) is 3.72. The quantitative estimate of drug-likeness (QED) is 0.549. The molecule has 0 atom stereocenters. The fourth-order valence-corrected chi connectivity index (χ4v) is 6.07. The Kier molecular flexibility index (Phi) is 4.23. The van der Waals surface area contributed by atoms with Gasteiger partial charge in [-0.25, -0.2) is 15.0 Å². The second-order valence-corrected chi connectivity index (χ2v) is 9.29. The zero-order chi connectivity index (χ0) is 19.2. The fourth-order valence-electron chi connectivity index (χ4n) is 4.85. The molecule has 0 spiro atoms. The number of aromatic amines is 1. The lowest BCUT2D eigenvalue weighted by Crippen LogP contribution is -3.13. The maximum absolute atomic E-state index is 4.76. The molecule has 1 aliphatic heterocycles. The van der Waals surface area contributed by atoms with Gasteiger partial charge in [0.15, 0.2) is 5.82 Å². The van der Waals surface area contributed by atoms with Gasteiger partial charge in [0.1, 0.15) is 23.5 Å². The molecule has 148 valence electrons. The van der Waals surface area contributed by atoms with Gasteiger partial charge in [-0.05, 0) is 43.4 Å². The molecule has 0 saturated carbocycles. The van der Waals surface area contributed by atoms with Crippen molar-refractivity contribution >= 4 is 38.4 Å². The van der Waals surface area contributed by atoms with E-state index in [0.717, 1.165) is 55.4 Å². The summed E-state index contributed by atoms with van der Waals surface area (Å²) < 4.78 is 0. The van der Waals surface area contributed by atoms with Crippen LogP contribution in [0.3, 0.4) is 0 Å². The molecule has 2 N–H and O–H groups in total. The first-order chi connectivity index (χ1) is 14.3. The highest BCUT2D eigenvalue weighted by molar-refractivity contribution is 7.19. The molecule has 4 heterocycles. The molecule has 6 nitrogen and oxygen atoms in total. The summed E-state index contributed by atoms with van der Waals surface area (Å²) in [4.78, 5) is 24.4. The van der Waals surface area contributed by atoms with Crippen LogP contribution in [0.5, 0.6) is 0 Å². The van der Waals surface area contributed by atoms with Crippen LogP contribution in [0.2, 0.25) is 0 Å². The van der Waals surface area contributed by atoms with Crippen LogP contribution < -0.4 is 9.80 Å². The number of aromatic nitrogens is 4. The number of rotatable bonds is 3. The zero-order valence-electron chi connectivity index (χ0n) is 16.4. The second kappa shape index (κ2) is 7.07. The molecular weight excluding hydrogens is 380 g/mol. The van der Waals surface area contributed by atoms with Crippen molar-refractivity contribution in [1.29, 1.82) is 0 Å². The van der Waals surface area contributed by atoms with E-state index in [0.29, 0.717) is 0 Å². The highest BCUT2D eigenvalue weighted by Gasteiger charge is 2.26. The van der Waals surface area contributed by atoms with E-state index in [-0.39, 0.29) is 0 Å². The van der Waals surface area contributed by atoms with Crippen LogP contribution in [0, 0.1) is 0 Å². The number of nitrogens with zero attached hydrogens (tertiary/aromatic N) is 4. The van der Waals surface area contributed by atoms with Crippen LogP contribution in [0.4, 0.5) is 5.82 Å². The van der Waals surface area contributed by atoms with Crippen LogP contribution in [0.25, 0.3) is 21.3 Å². The van der Waals surface area contributed by atoms with Gasteiger partial charge in [-0.3, -0.25) is 0 Å². The molecule has 0 radical (unpaired) electrons. The minimum Gasteiger partial charge on any atom is -0.345 e. The average Bonchev–Trinajstić information content (AvgIpc) is 3.34.